The molecule has 0 aliphatic rings. The van der Waals surface area contributed by atoms with Crippen molar-refractivity contribution in [3.05, 3.63) is 65.2 Å². The molecule has 0 amide bonds. The molecule has 2 aromatic rings. The second kappa shape index (κ2) is 10.4. The van der Waals surface area contributed by atoms with Gasteiger partial charge in [0.1, 0.15) is 12.4 Å². The predicted octanol–water partition coefficient (Wildman–Crippen LogP) is 3.28. The summed E-state index contributed by atoms with van der Waals surface area (Å²) in [5.41, 5.74) is 2.02. The molecule has 0 heterocycles. The van der Waals surface area contributed by atoms with Crippen LogP contribution in [0, 0.1) is 0 Å². The van der Waals surface area contributed by atoms with Crippen molar-refractivity contribution in [1.29, 1.82) is 0 Å². The van der Waals surface area contributed by atoms with Crippen molar-refractivity contribution >= 4 is 0 Å². The van der Waals surface area contributed by atoms with E-state index in [1.807, 2.05) is 44.2 Å². The van der Waals surface area contributed by atoms with Crippen LogP contribution in [0.25, 0.3) is 0 Å². The summed E-state index contributed by atoms with van der Waals surface area (Å²) in [6.07, 6.45) is 1.42. The Kier molecular flexibility index (Phi) is 8.25. The summed E-state index contributed by atoms with van der Waals surface area (Å²) in [4.78, 5) is 0. The van der Waals surface area contributed by atoms with Gasteiger partial charge in [-0.15, -0.1) is 0 Å². The average Bonchev–Trinajstić information content (AvgIpc) is 2.63. The summed E-state index contributed by atoms with van der Waals surface area (Å²) >= 11 is 0. The lowest BCUT2D eigenvalue weighted by Crippen LogP contribution is -2.19. The lowest BCUT2D eigenvalue weighted by atomic mass is 10.0. The average molecular weight is 373 g/mol. The van der Waals surface area contributed by atoms with Crippen LogP contribution in [0.3, 0.4) is 0 Å². The second-order valence-electron chi connectivity index (χ2n) is 7.50. The van der Waals surface area contributed by atoms with Gasteiger partial charge in [0, 0.05) is 12.1 Å². The number of rotatable bonds is 11. The highest BCUT2D eigenvalue weighted by atomic mass is 16.5. The first kappa shape index (κ1) is 21.4. The van der Waals surface area contributed by atoms with E-state index in [-0.39, 0.29) is 0 Å². The predicted molar refractivity (Wildman–Crippen MR) is 106 cm³/mol. The second-order valence-corrected chi connectivity index (χ2v) is 7.50. The first-order valence-corrected chi connectivity index (χ1v) is 9.43. The van der Waals surface area contributed by atoms with E-state index in [2.05, 4.69) is 11.4 Å². The molecule has 27 heavy (non-hydrogen) atoms. The zero-order valence-electron chi connectivity index (χ0n) is 16.2. The Hall–Kier alpha value is -1.92. The number of aliphatic hydroxyl groups is 3. The first-order valence-electron chi connectivity index (χ1n) is 9.43. The fourth-order valence-electron chi connectivity index (χ4n) is 2.74. The molecule has 0 spiro atoms. The Morgan fingerprint density at radius 3 is 2.41 bits per heavy atom. The van der Waals surface area contributed by atoms with E-state index in [9.17, 15) is 5.11 Å². The van der Waals surface area contributed by atoms with Gasteiger partial charge in [-0.2, -0.15) is 0 Å². The molecular formula is C22H31NO4. The van der Waals surface area contributed by atoms with Gasteiger partial charge in [-0.1, -0.05) is 36.4 Å². The number of benzene rings is 2. The number of nitrogens with one attached hydrogen (secondary N) is 1. The number of hydrogen-bond donors (Lipinski definition) is 4. The molecule has 148 valence electrons. The molecule has 0 unspecified atom stereocenters. The maximum absolute atomic E-state index is 9.70. The Labute approximate surface area is 161 Å². The molecule has 0 aliphatic carbocycles. The van der Waals surface area contributed by atoms with Crippen LogP contribution in [0.2, 0.25) is 0 Å². The van der Waals surface area contributed by atoms with Gasteiger partial charge in [-0.3, -0.25) is 0 Å². The van der Waals surface area contributed by atoms with E-state index in [0.29, 0.717) is 12.2 Å². The van der Waals surface area contributed by atoms with E-state index >= 15 is 0 Å². The molecule has 5 heteroatoms. The summed E-state index contributed by atoms with van der Waals surface area (Å²) in [6.45, 7) is 5.81. The summed E-state index contributed by atoms with van der Waals surface area (Å²) in [6, 6.07) is 15.0. The van der Waals surface area contributed by atoms with Crippen molar-refractivity contribution in [3.8, 4) is 5.75 Å². The first-order chi connectivity index (χ1) is 12.8. The van der Waals surface area contributed by atoms with E-state index in [1.54, 1.807) is 12.1 Å². The largest absolute Gasteiger partial charge is 0.489 e. The van der Waals surface area contributed by atoms with Gasteiger partial charge < -0.3 is 25.4 Å². The van der Waals surface area contributed by atoms with E-state index in [0.717, 1.165) is 49.2 Å². The number of ether oxygens (including phenoxy) is 1. The normalized spacial score (nSPS) is 11.8. The molecule has 5 nitrogen and oxygen atoms in total. The molecule has 0 atom stereocenters. The van der Waals surface area contributed by atoms with Crippen molar-refractivity contribution in [3.63, 3.8) is 0 Å². The highest BCUT2D eigenvalue weighted by Gasteiger charge is 2.10. The van der Waals surface area contributed by atoms with Crippen LogP contribution < -0.4 is 10.1 Å². The lowest BCUT2D eigenvalue weighted by molar-refractivity contribution is -0.0425. The minimum atomic E-state index is -1.45. The maximum atomic E-state index is 9.70. The van der Waals surface area contributed by atoms with Crippen molar-refractivity contribution in [2.24, 2.45) is 0 Å². The molecule has 0 radical (unpaired) electrons. The van der Waals surface area contributed by atoms with Gasteiger partial charge in [0.05, 0.1) is 5.60 Å². The topological polar surface area (TPSA) is 82.0 Å². The molecule has 0 fully saturated rings. The van der Waals surface area contributed by atoms with Crippen molar-refractivity contribution in [2.45, 2.75) is 58.2 Å². The van der Waals surface area contributed by atoms with E-state index < -0.39 is 11.9 Å². The smallest absolute Gasteiger partial charge is 0.178 e. The van der Waals surface area contributed by atoms with Gasteiger partial charge in [0.15, 0.2) is 6.29 Å². The van der Waals surface area contributed by atoms with Gasteiger partial charge >= 0.3 is 0 Å². The molecule has 0 aliphatic heterocycles. The number of aliphatic hydroxyl groups excluding tert-OH is 1. The van der Waals surface area contributed by atoms with Crippen molar-refractivity contribution in [1.82, 2.24) is 5.32 Å². The van der Waals surface area contributed by atoms with Gasteiger partial charge in [0.25, 0.3) is 0 Å². The Morgan fingerprint density at radius 1 is 1.00 bits per heavy atom. The zero-order valence-corrected chi connectivity index (χ0v) is 16.2. The summed E-state index contributed by atoms with van der Waals surface area (Å²) < 4.78 is 5.83. The number of unbranched alkanes of at least 4 members (excludes halogenated alkanes) is 1. The third-order valence-electron chi connectivity index (χ3n) is 4.30. The van der Waals surface area contributed by atoms with Crippen LogP contribution >= 0.6 is 0 Å². The van der Waals surface area contributed by atoms with Crippen molar-refractivity contribution in [2.75, 3.05) is 6.54 Å². The summed E-state index contributed by atoms with van der Waals surface area (Å²) in [5, 5.41) is 31.3. The SMILES string of the molecule is CC(C)(O)CCCCNCc1cccc(OCc2ccc(C(O)O)cc2)c1. The molecule has 4 N–H and O–H groups in total. The summed E-state index contributed by atoms with van der Waals surface area (Å²) in [7, 11) is 0. The molecule has 2 rings (SSSR count). The highest BCUT2D eigenvalue weighted by molar-refractivity contribution is 5.29. The van der Waals surface area contributed by atoms with Crippen molar-refractivity contribution < 1.29 is 20.1 Å². The Morgan fingerprint density at radius 2 is 1.74 bits per heavy atom. The standard InChI is InChI=1S/C22H31NO4/c1-22(2,26)12-3-4-13-23-15-18-6-5-7-20(14-18)27-16-17-8-10-19(11-9-17)21(24)25/h5-11,14,21,23-26H,3-4,12-13,15-16H2,1-2H3. The van der Waals surface area contributed by atoms with E-state index in [1.165, 1.54) is 0 Å². The Balaban J connectivity index is 1.73. The molecule has 0 saturated heterocycles. The third-order valence-corrected chi connectivity index (χ3v) is 4.30. The Bertz CT molecular complexity index is 677. The zero-order chi connectivity index (χ0) is 19.7. The fraction of sp³-hybridized carbons (Fsp3) is 0.455. The van der Waals surface area contributed by atoms with Gasteiger partial charge in [0.2, 0.25) is 0 Å². The molecule has 0 saturated carbocycles. The molecule has 2 aromatic carbocycles. The van der Waals surface area contributed by atoms with Crippen LogP contribution in [0.1, 0.15) is 56.1 Å². The molecular weight excluding hydrogens is 342 g/mol. The maximum Gasteiger partial charge on any atom is 0.178 e. The number of hydrogen-bond acceptors (Lipinski definition) is 5. The lowest BCUT2D eigenvalue weighted by Gasteiger charge is -2.16. The van der Waals surface area contributed by atoms with Crippen LogP contribution in [-0.4, -0.2) is 27.5 Å². The van der Waals surface area contributed by atoms with E-state index in [4.69, 9.17) is 14.9 Å². The van der Waals surface area contributed by atoms with Gasteiger partial charge in [-0.05, 0) is 62.9 Å². The molecule has 0 aromatic heterocycles. The van der Waals surface area contributed by atoms with Gasteiger partial charge in [-0.25, -0.2) is 0 Å². The van der Waals surface area contributed by atoms with Crippen LogP contribution in [0.4, 0.5) is 0 Å². The van der Waals surface area contributed by atoms with Crippen LogP contribution in [-0.2, 0) is 13.2 Å². The minimum Gasteiger partial charge on any atom is -0.489 e. The fourth-order valence-corrected chi connectivity index (χ4v) is 2.74. The molecule has 0 bridgehead atoms. The van der Waals surface area contributed by atoms with Crippen LogP contribution in [0.15, 0.2) is 48.5 Å². The monoisotopic (exact) mass is 373 g/mol. The quantitative estimate of drug-likeness (QED) is 0.359. The highest BCUT2D eigenvalue weighted by Crippen LogP contribution is 2.17. The third kappa shape index (κ3) is 8.54. The van der Waals surface area contributed by atoms with Crippen LogP contribution in [0.5, 0.6) is 5.75 Å². The summed E-state index contributed by atoms with van der Waals surface area (Å²) in [5.74, 6) is 0.808. The minimum absolute atomic E-state index is 0.426.